The van der Waals surface area contributed by atoms with E-state index in [1.54, 1.807) is 30.0 Å². The SMILES string of the molecule is CC1(C)SC(C=O)NN=C1c1ccc2c(c1)CCCN2C(=NO)c1ccc(Cl)cc1Cl. The fourth-order valence-electron chi connectivity index (χ4n) is 4.02. The minimum absolute atomic E-state index is 0.312. The maximum atomic E-state index is 11.2. The zero-order valence-electron chi connectivity index (χ0n) is 17.1. The summed E-state index contributed by atoms with van der Waals surface area (Å²) in [5, 5.41) is 18.5. The Morgan fingerprint density at radius 1 is 1.32 bits per heavy atom. The number of amidine groups is 1. The van der Waals surface area contributed by atoms with E-state index >= 15 is 0 Å². The molecular formula is C22H22Cl2N4O2S. The summed E-state index contributed by atoms with van der Waals surface area (Å²) >= 11 is 13.9. The van der Waals surface area contributed by atoms with Gasteiger partial charge in [0.05, 0.1) is 15.5 Å². The second-order valence-electron chi connectivity index (χ2n) is 7.92. The first-order valence-electron chi connectivity index (χ1n) is 9.89. The maximum absolute atomic E-state index is 11.2. The number of nitrogens with zero attached hydrogens (tertiary/aromatic N) is 3. The zero-order chi connectivity index (χ0) is 22.2. The lowest BCUT2D eigenvalue weighted by atomic mass is 9.93. The van der Waals surface area contributed by atoms with Gasteiger partial charge in [-0.1, -0.05) is 34.4 Å². The molecule has 9 heteroatoms. The Hall–Kier alpha value is -2.22. The molecule has 1 unspecified atom stereocenters. The quantitative estimate of drug-likeness (QED) is 0.216. The van der Waals surface area contributed by atoms with Crippen LogP contribution in [0.15, 0.2) is 46.7 Å². The molecule has 2 aliphatic heterocycles. The second-order valence-corrected chi connectivity index (χ2v) is 10.5. The summed E-state index contributed by atoms with van der Waals surface area (Å²) in [6.07, 6.45) is 2.67. The summed E-state index contributed by atoms with van der Waals surface area (Å²) in [4.78, 5) is 13.1. The van der Waals surface area contributed by atoms with Gasteiger partial charge < -0.3 is 14.9 Å². The molecule has 2 N–H and O–H groups in total. The molecule has 0 saturated heterocycles. The first-order chi connectivity index (χ1) is 14.8. The summed E-state index contributed by atoms with van der Waals surface area (Å²) in [5.41, 5.74) is 7.53. The van der Waals surface area contributed by atoms with Gasteiger partial charge in [-0.25, -0.2) is 0 Å². The van der Waals surface area contributed by atoms with Crippen LogP contribution in [0.25, 0.3) is 0 Å². The van der Waals surface area contributed by atoms with Crippen molar-refractivity contribution in [2.24, 2.45) is 10.3 Å². The third-order valence-electron chi connectivity index (χ3n) is 5.41. The number of benzene rings is 2. The fraction of sp³-hybridized carbons (Fsp3) is 0.318. The Kier molecular flexibility index (Phi) is 6.19. The molecule has 2 heterocycles. The van der Waals surface area contributed by atoms with E-state index in [2.05, 4.69) is 35.6 Å². The topological polar surface area (TPSA) is 77.3 Å². The molecule has 0 aromatic heterocycles. The highest BCUT2D eigenvalue weighted by Crippen LogP contribution is 2.37. The molecule has 162 valence electrons. The van der Waals surface area contributed by atoms with Gasteiger partial charge in [-0.15, -0.1) is 11.8 Å². The van der Waals surface area contributed by atoms with Crippen LogP contribution in [0.2, 0.25) is 10.0 Å². The Bertz CT molecular complexity index is 1090. The molecule has 0 saturated carbocycles. The van der Waals surface area contributed by atoms with Crippen molar-refractivity contribution in [3.8, 4) is 0 Å². The minimum Gasteiger partial charge on any atom is -0.409 e. The van der Waals surface area contributed by atoms with E-state index in [0.717, 1.165) is 41.7 Å². The van der Waals surface area contributed by atoms with Crippen molar-refractivity contribution in [1.29, 1.82) is 0 Å². The molecule has 0 amide bonds. The van der Waals surface area contributed by atoms with Gasteiger partial charge in [-0.3, -0.25) is 5.43 Å². The highest BCUT2D eigenvalue weighted by atomic mass is 35.5. The number of hydrazone groups is 1. The fourth-order valence-corrected chi connectivity index (χ4v) is 5.59. The normalized spacial score (nSPS) is 20.5. The molecular weight excluding hydrogens is 455 g/mol. The van der Waals surface area contributed by atoms with Crippen LogP contribution in [0.3, 0.4) is 0 Å². The summed E-state index contributed by atoms with van der Waals surface area (Å²) in [5.74, 6) is 0.386. The zero-order valence-corrected chi connectivity index (χ0v) is 19.4. The maximum Gasteiger partial charge on any atom is 0.181 e. The number of aryl methyl sites for hydroxylation is 1. The van der Waals surface area contributed by atoms with Crippen LogP contribution in [0.4, 0.5) is 5.69 Å². The van der Waals surface area contributed by atoms with E-state index in [-0.39, 0.29) is 10.1 Å². The van der Waals surface area contributed by atoms with Crippen LogP contribution in [0.1, 0.15) is 37.0 Å². The van der Waals surface area contributed by atoms with E-state index in [1.165, 1.54) is 0 Å². The Balaban J connectivity index is 1.71. The molecule has 0 spiro atoms. The number of carbonyl (C=O) groups is 1. The molecule has 0 fully saturated rings. The number of hydrogen-bond acceptors (Lipinski definition) is 6. The molecule has 1 atom stereocenters. The molecule has 0 radical (unpaired) electrons. The average molecular weight is 477 g/mol. The largest absolute Gasteiger partial charge is 0.409 e. The van der Waals surface area contributed by atoms with Crippen LogP contribution in [-0.4, -0.2) is 39.7 Å². The molecule has 2 aromatic carbocycles. The van der Waals surface area contributed by atoms with E-state index in [4.69, 9.17) is 23.2 Å². The number of rotatable bonds is 3. The van der Waals surface area contributed by atoms with Crippen LogP contribution in [-0.2, 0) is 11.2 Å². The third kappa shape index (κ3) is 4.27. The van der Waals surface area contributed by atoms with Crippen LogP contribution >= 0.6 is 35.0 Å². The van der Waals surface area contributed by atoms with Crippen molar-refractivity contribution in [2.45, 2.75) is 36.8 Å². The van der Waals surface area contributed by atoms with Gasteiger partial charge in [-0.2, -0.15) is 5.10 Å². The van der Waals surface area contributed by atoms with E-state index in [9.17, 15) is 10.0 Å². The summed E-state index contributed by atoms with van der Waals surface area (Å²) in [6, 6.07) is 11.3. The number of carbonyl (C=O) groups excluding carboxylic acids is 1. The highest BCUT2D eigenvalue weighted by Gasteiger charge is 2.35. The van der Waals surface area contributed by atoms with E-state index < -0.39 is 0 Å². The molecule has 4 rings (SSSR count). The van der Waals surface area contributed by atoms with Gasteiger partial charge >= 0.3 is 0 Å². The van der Waals surface area contributed by atoms with Gasteiger partial charge in [0, 0.05) is 22.8 Å². The molecule has 2 aromatic rings. The first-order valence-corrected chi connectivity index (χ1v) is 11.5. The lowest BCUT2D eigenvalue weighted by Gasteiger charge is -2.35. The second kappa shape index (κ2) is 8.73. The van der Waals surface area contributed by atoms with Crippen LogP contribution in [0, 0.1) is 0 Å². The number of oxime groups is 1. The van der Waals surface area contributed by atoms with Gasteiger partial charge in [0.2, 0.25) is 0 Å². The standard InChI is InChI=1S/C22H22Cl2N4O2S/c1-22(2)20(26-25-19(12-29)31-22)14-5-8-18-13(10-14)4-3-9-28(18)21(27-30)16-7-6-15(23)11-17(16)24/h5-8,10-12,19,25,30H,3-4,9H2,1-2H3. The van der Waals surface area contributed by atoms with Crippen molar-refractivity contribution in [2.75, 3.05) is 11.4 Å². The Labute approximate surface area is 195 Å². The van der Waals surface area contributed by atoms with Crippen LogP contribution < -0.4 is 10.3 Å². The Morgan fingerprint density at radius 2 is 2.13 bits per heavy atom. The lowest BCUT2D eigenvalue weighted by Crippen LogP contribution is -2.42. The smallest absolute Gasteiger partial charge is 0.181 e. The van der Waals surface area contributed by atoms with Gasteiger partial charge in [0.1, 0.15) is 5.37 Å². The summed E-state index contributed by atoms with van der Waals surface area (Å²) in [7, 11) is 0. The molecule has 0 bridgehead atoms. The van der Waals surface area contributed by atoms with Crippen molar-refractivity contribution in [3.05, 3.63) is 63.1 Å². The minimum atomic E-state index is -0.348. The van der Waals surface area contributed by atoms with Crippen molar-refractivity contribution < 1.29 is 10.0 Å². The molecule has 2 aliphatic rings. The predicted octanol–water partition coefficient (Wildman–Crippen LogP) is 4.93. The monoisotopic (exact) mass is 476 g/mol. The van der Waals surface area contributed by atoms with Gasteiger partial charge in [0.25, 0.3) is 0 Å². The number of aldehydes is 1. The number of halogens is 2. The Morgan fingerprint density at radius 3 is 2.81 bits per heavy atom. The number of thioether (sulfide) groups is 1. The summed E-state index contributed by atoms with van der Waals surface area (Å²) in [6.45, 7) is 4.84. The number of nitrogens with one attached hydrogen (secondary N) is 1. The highest BCUT2D eigenvalue weighted by molar-refractivity contribution is 8.02. The van der Waals surface area contributed by atoms with Gasteiger partial charge in [0.15, 0.2) is 12.1 Å². The van der Waals surface area contributed by atoms with E-state index in [0.29, 0.717) is 28.0 Å². The van der Waals surface area contributed by atoms with Crippen LogP contribution in [0.5, 0.6) is 0 Å². The predicted molar refractivity (Wildman–Crippen MR) is 128 cm³/mol. The molecule has 6 nitrogen and oxygen atoms in total. The number of anilines is 1. The van der Waals surface area contributed by atoms with Crippen molar-refractivity contribution >= 4 is 58.5 Å². The number of fused-ring (bicyclic) bond motifs is 1. The average Bonchev–Trinajstić information content (AvgIpc) is 2.74. The summed E-state index contributed by atoms with van der Waals surface area (Å²) < 4.78 is -0.312. The van der Waals surface area contributed by atoms with Crippen molar-refractivity contribution in [3.63, 3.8) is 0 Å². The number of hydrogen-bond donors (Lipinski definition) is 2. The third-order valence-corrected chi connectivity index (χ3v) is 7.21. The molecule has 0 aliphatic carbocycles. The van der Waals surface area contributed by atoms with E-state index in [1.807, 2.05) is 17.0 Å². The molecule has 31 heavy (non-hydrogen) atoms. The van der Waals surface area contributed by atoms with Crippen molar-refractivity contribution in [1.82, 2.24) is 5.43 Å². The van der Waals surface area contributed by atoms with Gasteiger partial charge in [-0.05, 0) is 68.1 Å². The first kappa shape index (κ1) is 22.0. The lowest BCUT2D eigenvalue weighted by molar-refractivity contribution is -0.107.